The Morgan fingerprint density at radius 3 is 2.88 bits per heavy atom. The lowest BCUT2D eigenvalue weighted by atomic mass is 9.78. The lowest BCUT2D eigenvalue weighted by molar-refractivity contribution is 0.207. The highest BCUT2D eigenvalue weighted by Gasteiger charge is 2.30. The molecule has 1 aromatic carbocycles. The molecular formula is C14H17NS. The number of nitrogens with one attached hydrogen (secondary N) is 1. The van der Waals surface area contributed by atoms with Gasteiger partial charge in [0, 0.05) is 16.8 Å². The highest BCUT2D eigenvalue weighted by molar-refractivity contribution is 7.17. The molecule has 0 radical (unpaired) electrons. The zero-order chi connectivity index (χ0) is 11.0. The van der Waals surface area contributed by atoms with Crippen molar-refractivity contribution >= 4 is 21.4 Å². The Kier molecular flexibility index (Phi) is 2.49. The minimum Gasteiger partial charge on any atom is -0.307 e. The maximum absolute atomic E-state index is 3.70. The smallest absolute Gasteiger partial charge is 0.0346 e. The van der Waals surface area contributed by atoms with Crippen LogP contribution in [0.1, 0.15) is 31.7 Å². The van der Waals surface area contributed by atoms with E-state index in [9.17, 15) is 0 Å². The largest absolute Gasteiger partial charge is 0.307 e. The van der Waals surface area contributed by atoms with Gasteiger partial charge in [-0.1, -0.05) is 18.2 Å². The van der Waals surface area contributed by atoms with Crippen LogP contribution in [0, 0.1) is 0 Å². The van der Waals surface area contributed by atoms with Gasteiger partial charge in [0.25, 0.3) is 0 Å². The fourth-order valence-electron chi connectivity index (χ4n) is 2.36. The third-order valence-corrected chi connectivity index (χ3v) is 4.74. The maximum atomic E-state index is 3.70. The van der Waals surface area contributed by atoms with E-state index in [0.29, 0.717) is 5.54 Å². The molecule has 0 amide bonds. The van der Waals surface area contributed by atoms with E-state index in [4.69, 9.17) is 0 Å². The van der Waals surface area contributed by atoms with E-state index >= 15 is 0 Å². The fraction of sp³-hybridized carbons (Fsp3) is 0.429. The second-order valence-corrected chi connectivity index (χ2v) is 5.94. The lowest BCUT2D eigenvalue weighted by Crippen LogP contribution is -2.47. The number of fused-ring (bicyclic) bond motifs is 1. The Hall–Kier alpha value is -0.860. The summed E-state index contributed by atoms with van der Waals surface area (Å²) < 4.78 is 1.40. The summed E-state index contributed by atoms with van der Waals surface area (Å²) in [5.41, 5.74) is 1.86. The summed E-state index contributed by atoms with van der Waals surface area (Å²) in [6.45, 7) is 3.35. The zero-order valence-corrected chi connectivity index (χ0v) is 10.4. The second-order valence-electron chi connectivity index (χ2n) is 5.02. The highest BCUT2D eigenvalue weighted by atomic mass is 32.1. The van der Waals surface area contributed by atoms with Crippen LogP contribution in [-0.2, 0) is 6.54 Å². The molecular weight excluding hydrogens is 214 g/mol. The summed E-state index contributed by atoms with van der Waals surface area (Å²) >= 11 is 1.85. The Bertz CT molecular complexity index is 496. The molecule has 2 heteroatoms. The van der Waals surface area contributed by atoms with Gasteiger partial charge in [-0.2, -0.15) is 0 Å². The van der Waals surface area contributed by atoms with Crippen molar-refractivity contribution in [3.05, 3.63) is 35.2 Å². The van der Waals surface area contributed by atoms with Crippen LogP contribution in [-0.4, -0.2) is 5.54 Å². The molecule has 0 saturated heterocycles. The van der Waals surface area contributed by atoms with Crippen LogP contribution < -0.4 is 5.32 Å². The first-order valence-corrected chi connectivity index (χ1v) is 6.85. The summed E-state index contributed by atoms with van der Waals surface area (Å²) in [7, 11) is 0. The Balaban J connectivity index is 1.79. The first-order chi connectivity index (χ1) is 7.77. The summed E-state index contributed by atoms with van der Waals surface area (Å²) in [6.07, 6.45) is 4.04. The molecule has 2 aromatic rings. The van der Waals surface area contributed by atoms with Gasteiger partial charge in [-0.05, 0) is 48.6 Å². The predicted molar refractivity (Wildman–Crippen MR) is 70.9 cm³/mol. The van der Waals surface area contributed by atoms with Crippen LogP contribution in [0.25, 0.3) is 10.1 Å². The molecule has 84 valence electrons. The number of hydrogen-bond acceptors (Lipinski definition) is 2. The van der Waals surface area contributed by atoms with Crippen molar-refractivity contribution in [2.75, 3.05) is 0 Å². The molecule has 1 saturated carbocycles. The maximum Gasteiger partial charge on any atom is 0.0346 e. The molecule has 0 atom stereocenters. The molecule has 1 aliphatic carbocycles. The summed E-state index contributed by atoms with van der Waals surface area (Å²) in [6, 6.07) is 8.67. The van der Waals surface area contributed by atoms with Crippen LogP contribution >= 0.6 is 11.3 Å². The quantitative estimate of drug-likeness (QED) is 0.844. The molecule has 1 fully saturated rings. The second kappa shape index (κ2) is 3.86. The molecule has 1 nitrogen and oxygen atoms in total. The first-order valence-electron chi connectivity index (χ1n) is 5.97. The summed E-state index contributed by atoms with van der Waals surface area (Å²) in [5, 5.41) is 7.41. The number of hydrogen-bond donors (Lipinski definition) is 1. The SMILES string of the molecule is CC1(NCc2csc3ccccc23)CCC1. The van der Waals surface area contributed by atoms with Gasteiger partial charge in [0.15, 0.2) is 0 Å². The van der Waals surface area contributed by atoms with Gasteiger partial charge in [0.2, 0.25) is 0 Å². The minimum absolute atomic E-state index is 0.406. The van der Waals surface area contributed by atoms with Gasteiger partial charge < -0.3 is 5.32 Å². The van der Waals surface area contributed by atoms with E-state index in [1.165, 1.54) is 34.9 Å². The Labute approximate surface area is 100 Å². The topological polar surface area (TPSA) is 12.0 Å². The number of rotatable bonds is 3. The third-order valence-electron chi connectivity index (χ3n) is 3.72. The van der Waals surface area contributed by atoms with Crippen LogP contribution in [0.15, 0.2) is 29.6 Å². The van der Waals surface area contributed by atoms with Gasteiger partial charge >= 0.3 is 0 Å². The third kappa shape index (κ3) is 1.76. The normalized spacial score (nSPS) is 18.6. The molecule has 0 unspecified atom stereocenters. The Morgan fingerprint density at radius 1 is 1.31 bits per heavy atom. The minimum atomic E-state index is 0.406. The zero-order valence-electron chi connectivity index (χ0n) is 9.62. The molecule has 16 heavy (non-hydrogen) atoms. The van der Waals surface area contributed by atoms with Gasteiger partial charge in [-0.3, -0.25) is 0 Å². The summed E-state index contributed by atoms with van der Waals surface area (Å²) in [4.78, 5) is 0. The van der Waals surface area contributed by atoms with E-state index in [0.717, 1.165) is 6.54 Å². The fourth-order valence-corrected chi connectivity index (χ4v) is 3.32. The van der Waals surface area contributed by atoms with Crippen molar-refractivity contribution in [3.8, 4) is 0 Å². The van der Waals surface area contributed by atoms with E-state index in [2.05, 4.69) is 41.9 Å². The van der Waals surface area contributed by atoms with E-state index in [-0.39, 0.29) is 0 Å². The molecule has 1 N–H and O–H groups in total. The van der Waals surface area contributed by atoms with Crippen molar-refractivity contribution in [2.24, 2.45) is 0 Å². The average molecular weight is 231 g/mol. The van der Waals surface area contributed by atoms with E-state index < -0.39 is 0 Å². The molecule has 0 aliphatic heterocycles. The molecule has 1 heterocycles. The van der Waals surface area contributed by atoms with Gasteiger partial charge in [0.05, 0.1) is 0 Å². The van der Waals surface area contributed by atoms with Crippen molar-refractivity contribution in [1.82, 2.24) is 5.32 Å². The van der Waals surface area contributed by atoms with Crippen LogP contribution in [0.5, 0.6) is 0 Å². The summed E-state index contributed by atoms with van der Waals surface area (Å²) in [5.74, 6) is 0. The van der Waals surface area contributed by atoms with Crippen LogP contribution in [0.2, 0.25) is 0 Å². The van der Waals surface area contributed by atoms with E-state index in [1.54, 1.807) is 0 Å². The molecule has 3 rings (SSSR count). The lowest BCUT2D eigenvalue weighted by Gasteiger charge is -2.39. The van der Waals surface area contributed by atoms with Crippen molar-refractivity contribution in [2.45, 2.75) is 38.3 Å². The van der Waals surface area contributed by atoms with Crippen LogP contribution in [0.3, 0.4) is 0 Å². The van der Waals surface area contributed by atoms with Gasteiger partial charge in [-0.25, -0.2) is 0 Å². The molecule has 0 spiro atoms. The first kappa shape index (κ1) is 10.3. The predicted octanol–water partition coefficient (Wildman–Crippen LogP) is 3.93. The highest BCUT2D eigenvalue weighted by Crippen LogP contribution is 2.32. The van der Waals surface area contributed by atoms with Gasteiger partial charge in [0.1, 0.15) is 0 Å². The number of thiophene rings is 1. The van der Waals surface area contributed by atoms with Crippen LogP contribution in [0.4, 0.5) is 0 Å². The number of benzene rings is 1. The Morgan fingerprint density at radius 2 is 2.12 bits per heavy atom. The van der Waals surface area contributed by atoms with E-state index in [1.807, 2.05) is 11.3 Å². The standard InChI is InChI=1S/C14H17NS/c1-14(7-4-8-14)15-9-11-10-16-13-6-3-2-5-12(11)13/h2-3,5-6,10,15H,4,7-9H2,1H3. The molecule has 1 aromatic heterocycles. The van der Waals surface area contributed by atoms with Crippen molar-refractivity contribution in [3.63, 3.8) is 0 Å². The van der Waals surface area contributed by atoms with Crippen molar-refractivity contribution < 1.29 is 0 Å². The monoisotopic (exact) mass is 231 g/mol. The average Bonchev–Trinajstić information content (AvgIpc) is 2.67. The molecule has 0 bridgehead atoms. The van der Waals surface area contributed by atoms with Gasteiger partial charge in [-0.15, -0.1) is 11.3 Å². The molecule has 1 aliphatic rings. The van der Waals surface area contributed by atoms with Crippen molar-refractivity contribution in [1.29, 1.82) is 0 Å².